The Balaban J connectivity index is 1.45. The van der Waals surface area contributed by atoms with Gasteiger partial charge in [0.25, 0.3) is 5.91 Å². The van der Waals surface area contributed by atoms with Crippen LogP contribution in [0.3, 0.4) is 0 Å². The number of nitrogens with zero attached hydrogens (tertiary/aromatic N) is 2. The van der Waals surface area contributed by atoms with Crippen molar-refractivity contribution in [3.05, 3.63) is 58.9 Å². The minimum absolute atomic E-state index is 0.0105. The highest BCUT2D eigenvalue weighted by molar-refractivity contribution is 5.92. The van der Waals surface area contributed by atoms with Crippen LogP contribution >= 0.6 is 0 Å². The molecule has 2 N–H and O–H groups in total. The lowest BCUT2D eigenvalue weighted by Crippen LogP contribution is -2.32. The number of aromatic nitrogens is 1. The summed E-state index contributed by atoms with van der Waals surface area (Å²) in [5.41, 5.74) is 4.39. The molecule has 2 heterocycles. The van der Waals surface area contributed by atoms with Gasteiger partial charge in [-0.1, -0.05) is 29.8 Å². The first-order chi connectivity index (χ1) is 12.0. The standard InChI is InChI=1S/C20H28N4O/c1-15-4-6-16(7-5-15)13-24-11-10-18(14-24)21-12-17-8-9-19(22-17)20(25)23(2)3/h4-9,18,21-22H,10-14H2,1-3H3. The number of rotatable bonds is 6. The number of amides is 1. The minimum Gasteiger partial charge on any atom is -0.353 e. The molecule has 1 unspecified atom stereocenters. The van der Waals surface area contributed by atoms with Crippen LogP contribution in [-0.2, 0) is 13.1 Å². The largest absolute Gasteiger partial charge is 0.353 e. The fourth-order valence-electron chi connectivity index (χ4n) is 3.26. The Bertz CT molecular complexity index is 705. The molecule has 1 aromatic carbocycles. The third kappa shape index (κ3) is 4.71. The van der Waals surface area contributed by atoms with Gasteiger partial charge in [0.15, 0.2) is 0 Å². The van der Waals surface area contributed by atoms with E-state index in [1.54, 1.807) is 19.0 Å². The molecule has 0 aliphatic carbocycles. The predicted octanol–water partition coefficient (Wildman–Crippen LogP) is 2.39. The Morgan fingerprint density at radius 3 is 2.72 bits per heavy atom. The molecular weight excluding hydrogens is 312 g/mol. The fraction of sp³-hybridized carbons (Fsp3) is 0.450. The van der Waals surface area contributed by atoms with Gasteiger partial charge < -0.3 is 15.2 Å². The van der Waals surface area contributed by atoms with Crippen molar-refractivity contribution in [2.24, 2.45) is 0 Å². The Kier molecular flexibility index (Phi) is 5.56. The van der Waals surface area contributed by atoms with Gasteiger partial charge >= 0.3 is 0 Å². The summed E-state index contributed by atoms with van der Waals surface area (Å²) < 4.78 is 0. The number of H-pyrrole nitrogens is 1. The highest BCUT2D eigenvalue weighted by Gasteiger charge is 2.22. The molecule has 1 aliphatic heterocycles. The minimum atomic E-state index is 0.0105. The van der Waals surface area contributed by atoms with Crippen molar-refractivity contribution in [2.75, 3.05) is 27.2 Å². The Labute approximate surface area is 150 Å². The number of likely N-dealkylation sites (tertiary alicyclic amines) is 1. The third-order valence-electron chi connectivity index (χ3n) is 4.76. The molecule has 1 fully saturated rings. The average molecular weight is 340 g/mol. The second kappa shape index (κ2) is 7.85. The summed E-state index contributed by atoms with van der Waals surface area (Å²) in [7, 11) is 3.53. The van der Waals surface area contributed by atoms with Crippen molar-refractivity contribution < 1.29 is 4.79 Å². The molecule has 1 saturated heterocycles. The van der Waals surface area contributed by atoms with Crippen LogP contribution in [-0.4, -0.2) is 53.9 Å². The first kappa shape index (κ1) is 17.7. The van der Waals surface area contributed by atoms with Crippen molar-refractivity contribution in [3.63, 3.8) is 0 Å². The van der Waals surface area contributed by atoms with E-state index in [1.807, 2.05) is 12.1 Å². The molecule has 3 rings (SSSR count). The second-order valence-electron chi connectivity index (χ2n) is 7.18. The lowest BCUT2D eigenvalue weighted by molar-refractivity contribution is 0.0822. The molecule has 134 valence electrons. The van der Waals surface area contributed by atoms with Crippen LogP contribution in [0, 0.1) is 6.92 Å². The maximum atomic E-state index is 11.9. The highest BCUT2D eigenvalue weighted by atomic mass is 16.2. The molecule has 0 spiro atoms. The number of benzene rings is 1. The van der Waals surface area contributed by atoms with E-state index in [4.69, 9.17) is 0 Å². The van der Waals surface area contributed by atoms with Gasteiger partial charge in [0.2, 0.25) is 0 Å². The monoisotopic (exact) mass is 340 g/mol. The van der Waals surface area contributed by atoms with Crippen LogP contribution in [0.15, 0.2) is 36.4 Å². The topological polar surface area (TPSA) is 51.4 Å². The van der Waals surface area contributed by atoms with Crippen LogP contribution < -0.4 is 5.32 Å². The summed E-state index contributed by atoms with van der Waals surface area (Å²) in [5.74, 6) is 0.0105. The molecule has 1 amide bonds. The zero-order valence-electron chi connectivity index (χ0n) is 15.4. The molecule has 2 aromatic rings. The molecular formula is C20H28N4O. The fourth-order valence-corrected chi connectivity index (χ4v) is 3.26. The van der Waals surface area contributed by atoms with Gasteiger partial charge in [-0.15, -0.1) is 0 Å². The van der Waals surface area contributed by atoms with E-state index >= 15 is 0 Å². The normalized spacial score (nSPS) is 17.8. The number of aromatic amines is 1. The quantitative estimate of drug-likeness (QED) is 0.849. The summed E-state index contributed by atoms with van der Waals surface area (Å²) in [5, 5.41) is 3.61. The summed E-state index contributed by atoms with van der Waals surface area (Å²) in [4.78, 5) is 19.2. The van der Waals surface area contributed by atoms with E-state index < -0.39 is 0 Å². The number of hydrogen-bond acceptors (Lipinski definition) is 3. The van der Waals surface area contributed by atoms with Crippen LogP contribution in [0.25, 0.3) is 0 Å². The van der Waals surface area contributed by atoms with Crippen LogP contribution in [0.4, 0.5) is 0 Å². The van der Waals surface area contributed by atoms with Gasteiger partial charge in [0.1, 0.15) is 5.69 Å². The first-order valence-corrected chi connectivity index (χ1v) is 8.92. The summed E-state index contributed by atoms with van der Waals surface area (Å²) in [6, 6.07) is 13.1. The SMILES string of the molecule is Cc1ccc(CN2CCC(NCc3ccc(C(=O)N(C)C)[nH]3)C2)cc1. The number of carbonyl (C=O) groups excluding carboxylic acids is 1. The number of aryl methyl sites for hydroxylation is 1. The third-order valence-corrected chi connectivity index (χ3v) is 4.76. The van der Waals surface area contributed by atoms with Gasteiger partial charge in [-0.05, 0) is 31.0 Å². The van der Waals surface area contributed by atoms with Gasteiger partial charge in [-0.3, -0.25) is 9.69 Å². The zero-order valence-corrected chi connectivity index (χ0v) is 15.4. The average Bonchev–Trinajstić information content (AvgIpc) is 3.23. The van der Waals surface area contributed by atoms with Crippen LogP contribution in [0.5, 0.6) is 0 Å². The van der Waals surface area contributed by atoms with Crippen molar-refractivity contribution in [3.8, 4) is 0 Å². The Hall–Kier alpha value is -2.11. The Morgan fingerprint density at radius 2 is 2.00 bits per heavy atom. The van der Waals surface area contributed by atoms with E-state index in [0.717, 1.165) is 38.3 Å². The van der Waals surface area contributed by atoms with Gasteiger partial charge in [0, 0.05) is 52.0 Å². The first-order valence-electron chi connectivity index (χ1n) is 8.92. The molecule has 5 nitrogen and oxygen atoms in total. The predicted molar refractivity (Wildman–Crippen MR) is 101 cm³/mol. The molecule has 25 heavy (non-hydrogen) atoms. The second-order valence-corrected chi connectivity index (χ2v) is 7.18. The summed E-state index contributed by atoms with van der Waals surface area (Å²) >= 11 is 0. The maximum Gasteiger partial charge on any atom is 0.269 e. The van der Waals surface area contributed by atoms with E-state index in [0.29, 0.717) is 11.7 Å². The molecule has 1 aliphatic rings. The molecule has 5 heteroatoms. The molecule has 0 saturated carbocycles. The van der Waals surface area contributed by atoms with Crippen molar-refractivity contribution >= 4 is 5.91 Å². The van der Waals surface area contributed by atoms with Gasteiger partial charge in [-0.25, -0.2) is 0 Å². The number of hydrogen-bond donors (Lipinski definition) is 2. The molecule has 0 bridgehead atoms. The summed E-state index contributed by atoms with van der Waals surface area (Å²) in [6.07, 6.45) is 1.16. The van der Waals surface area contributed by atoms with Crippen molar-refractivity contribution in [1.82, 2.24) is 20.1 Å². The van der Waals surface area contributed by atoms with E-state index in [-0.39, 0.29) is 5.91 Å². The number of nitrogens with one attached hydrogen (secondary N) is 2. The maximum absolute atomic E-state index is 11.9. The van der Waals surface area contributed by atoms with Gasteiger partial charge in [0.05, 0.1) is 0 Å². The van der Waals surface area contributed by atoms with E-state index in [1.165, 1.54) is 11.1 Å². The lowest BCUT2D eigenvalue weighted by atomic mass is 10.1. The molecule has 0 radical (unpaired) electrons. The zero-order chi connectivity index (χ0) is 17.8. The van der Waals surface area contributed by atoms with Crippen molar-refractivity contribution in [2.45, 2.75) is 32.5 Å². The Morgan fingerprint density at radius 1 is 1.24 bits per heavy atom. The highest BCUT2D eigenvalue weighted by Crippen LogP contribution is 2.15. The molecule has 1 atom stereocenters. The summed E-state index contributed by atoms with van der Waals surface area (Å²) in [6.45, 7) is 6.10. The number of carbonyl (C=O) groups is 1. The smallest absolute Gasteiger partial charge is 0.269 e. The van der Waals surface area contributed by atoms with E-state index in [2.05, 4.69) is 46.4 Å². The van der Waals surface area contributed by atoms with Crippen LogP contribution in [0.2, 0.25) is 0 Å². The van der Waals surface area contributed by atoms with Crippen molar-refractivity contribution in [1.29, 1.82) is 0 Å². The van der Waals surface area contributed by atoms with Crippen LogP contribution in [0.1, 0.15) is 33.7 Å². The lowest BCUT2D eigenvalue weighted by Gasteiger charge is -2.17. The molecule has 1 aromatic heterocycles. The van der Waals surface area contributed by atoms with Gasteiger partial charge in [-0.2, -0.15) is 0 Å². The van der Waals surface area contributed by atoms with E-state index in [9.17, 15) is 4.79 Å².